The van der Waals surface area contributed by atoms with Gasteiger partial charge in [0.25, 0.3) is 0 Å². The molecule has 1 aromatic heterocycles. The monoisotopic (exact) mass is 260 g/mol. The smallest absolute Gasteiger partial charge is 0.202 e. The average molecular weight is 260 g/mol. The summed E-state index contributed by atoms with van der Waals surface area (Å²) in [5.41, 5.74) is 7.96. The van der Waals surface area contributed by atoms with E-state index in [9.17, 15) is 0 Å². The Kier molecular flexibility index (Phi) is 3.25. The molecule has 0 aliphatic heterocycles. The van der Waals surface area contributed by atoms with Crippen LogP contribution in [0.3, 0.4) is 0 Å². The minimum Gasteiger partial charge on any atom is -0.356 e. The standard InChI is InChI=1S/C13H16N4S/c14-7-9-1-3-10(4-2-9)8-15-13-16-12(17-18-13)11-5-6-11/h1-4,11H,5-8,14H2,(H,15,16,17). The number of rotatable bonds is 5. The van der Waals surface area contributed by atoms with Crippen LogP contribution >= 0.6 is 11.5 Å². The zero-order valence-electron chi connectivity index (χ0n) is 10.1. The van der Waals surface area contributed by atoms with Crippen LogP contribution < -0.4 is 11.1 Å². The fourth-order valence-electron chi connectivity index (χ4n) is 1.78. The number of benzene rings is 1. The van der Waals surface area contributed by atoms with Crippen molar-refractivity contribution in [2.75, 3.05) is 5.32 Å². The van der Waals surface area contributed by atoms with E-state index >= 15 is 0 Å². The van der Waals surface area contributed by atoms with Crippen LogP contribution in [0.15, 0.2) is 24.3 Å². The van der Waals surface area contributed by atoms with Crippen LogP contribution in [0, 0.1) is 0 Å². The van der Waals surface area contributed by atoms with Gasteiger partial charge in [-0.15, -0.1) is 0 Å². The van der Waals surface area contributed by atoms with E-state index in [-0.39, 0.29) is 0 Å². The van der Waals surface area contributed by atoms with Gasteiger partial charge in [-0.3, -0.25) is 0 Å². The second kappa shape index (κ2) is 5.04. The Hall–Kier alpha value is -1.46. The van der Waals surface area contributed by atoms with Crippen LogP contribution in [0.25, 0.3) is 0 Å². The second-order valence-corrected chi connectivity index (χ2v) is 5.36. The van der Waals surface area contributed by atoms with Crippen LogP contribution in [0.2, 0.25) is 0 Å². The summed E-state index contributed by atoms with van der Waals surface area (Å²) < 4.78 is 4.37. The lowest BCUT2D eigenvalue weighted by Crippen LogP contribution is -2.00. The summed E-state index contributed by atoms with van der Waals surface area (Å²) in [5, 5.41) is 4.23. The molecule has 3 rings (SSSR count). The van der Waals surface area contributed by atoms with Gasteiger partial charge >= 0.3 is 0 Å². The van der Waals surface area contributed by atoms with Gasteiger partial charge in [0.1, 0.15) is 5.82 Å². The van der Waals surface area contributed by atoms with Gasteiger partial charge in [-0.1, -0.05) is 24.3 Å². The van der Waals surface area contributed by atoms with Crippen molar-refractivity contribution in [2.45, 2.75) is 31.8 Å². The predicted molar refractivity (Wildman–Crippen MR) is 73.5 cm³/mol. The lowest BCUT2D eigenvalue weighted by atomic mass is 10.1. The van der Waals surface area contributed by atoms with Gasteiger partial charge in [0.05, 0.1) is 0 Å². The van der Waals surface area contributed by atoms with Crippen LogP contribution in [0.1, 0.15) is 35.7 Å². The van der Waals surface area contributed by atoms with Crippen molar-refractivity contribution in [1.29, 1.82) is 0 Å². The molecule has 0 bridgehead atoms. The minimum atomic E-state index is 0.592. The van der Waals surface area contributed by atoms with Crippen molar-refractivity contribution in [1.82, 2.24) is 9.36 Å². The van der Waals surface area contributed by atoms with Crippen molar-refractivity contribution in [3.63, 3.8) is 0 Å². The summed E-state index contributed by atoms with van der Waals surface area (Å²) in [6, 6.07) is 8.32. The molecule has 1 fully saturated rings. The molecule has 0 radical (unpaired) electrons. The molecule has 0 unspecified atom stereocenters. The first-order valence-electron chi connectivity index (χ1n) is 6.20. The van der Waals surface area contributed by atoms with E-state index in [2.05, 4.69) is 38.9 Å². The molecular weight excluding hydrogens is 244 g/mol. The van der Waals surface area contributed by atoms with E-state index in [1.165, 1.54) is 29.9 Å². The highest BCUT2D eigenvalue weighted by molar-refractivity contribution is 7.09. The van der Waals surface area contributed by atoms with Gasteiger partial charge < -0.3 is 11.1 Å². The molecule has 5 heteroatoms. The molecule has 1 saturated carbocycles. The Balaban J connectivity index is 1.58. The van der Waals surface area contributed by atoms with E-state index in [1.54, 1.807) is 0 Å². The highest BCUT2D eigenvalue weighted by atomic mass is 32.1. The summed E-state index contributed by atoms with van der Waals surface area (Å²) in [7, 11) is 0. The molecule has 1 aliphatic carbocycles. The number of nitrogens with two attached hydrogens (primary N) is 1. The zero-order valence-corrected chi connectivity index (χ0v) is 10.9. The summed E-state index contributed by atoms with van der Waals surface area (Å²) in [5.74, 6) is 1.64. The van der Waals surface area contributed by atoms with Gasteiger partial charge in [-0.25, -0.2) is 4.98 Å². The maximum atomic E-state index is 5.57. The Morgan fingerprint density at radius 3 is 2.61 bits per heavy atom. The van der Waals surface area contributed by atoms with Crippen LogP contribution in [-0.4, -0.2) is 9.36 Å². The first-order chi connectivity index (χ1) is 8.85. The third-order valence-electron chi connectivity index (χ3n) is 3.09. The predicted octanol–water partition coefficient (Wildman–Crippen LogP) is 2.49. The van der Waals surface area contributed by atoms with Gasteiger partial charge in [-0.2, -0.15) is 4.37 Å². The molecule has 1 heterocycles. The van der Waals surface area contributed by atoms with Gasteiger partial charge in [0.2, 0.25) is 5.13 Å². The van der Waals surface area contributed by atoms with E-state index < -0.39 is 0 Å². The van der Waals surface area contributed by atoms with Gasteiger partial charge in [-0.05, 0) is 24.0 Å². The Morgan fingerprint density at radius 2 is 1.94 bits per heavy atom. The number of hydrogen-bond acceptors (Lipinski definition) is 5. The van der Waals surface area contributed by atoms with Crippen LogP contribution in [0.5, 0.6) is 0 Å². The van der Waals surface area contributed by atoms with Crippen molar-refractivity contribution < 1.29 is 0 Å². The van der Waals surface area contributed by atoms with Crippen molar-refractivity contribution in [2.24, 2.45) is 5.73 Å². The normalized spacial score (nSPS) is 14.7. The van der Waals surface area contributed by atoms with E-state index in [1.807, 2.05) is 0 Å². The number of nitrogens with zero attached hydrogens (tertiary/aromatic N) is 2. The Labute approximate surface area is 110 Å². The Bertz CT molecular complexity index is 516. The lowest BCUT2D eigenvalue weighted by Gasteiger charge is -2.03. The van der Waals surface area contributed by atoms with Crippen molar-refractivity contribution in [3.05, 3.63) is 41.2 Å². The fourth-order valence-corrected chi connectivity index (χ4v) is 2.43. The molecule has 1 aliphatic rings. The van der Waals surface area contributed by atoms with Crippen LogP contribution in [-0.2, 0) is 13.1 Å². The van der Waals surface area contributed by atoms with Gasteiger partial charge in [0, 0.05) is 30.5 Å². The molecule has 0 spiro atoms. The highest BCUT2D eigenvalue weighted by Gasteiger charge is 2.27. The summed E-state index contributed by atoms with van der Waals surface area (Å²) >= 11 is 1.45. The molecule has 0 amide bonds. The van der Waals surface area contributed by atoms with E-state index in [0.29, 0.717) is 12.5 Å². The fraction of sp³-hybridized carbons (Fsp3) is 0.385. The van der Waals surface area contributed by atoms with E-state index in [4.69, 9.17) is 5.73 Å². The van der Waals surface area contributed by atoms with Crippen LogP contribution in [0.4, 0.5) is 5.13 Å². The number of aromatic nitrogens is 2. The average Bonchev–Trinajstić information content (AvgIpc) is 3.16. The first-order valence-corrected chi connectivity index (χ1v) is 6.98. The minimum absolute atomic E-state index is 0.592. The third kappa shape index (κ3) is 2.68. The molecule has 18 heavy (non-hydrogen) atoms. The molecule has 3 N–H and O–H groups in total. The van der Waals surface area contributed by atoms with Crippen molar-refractivity contribution >= 4 is 16.7 Å². The second-order valence-electron chi connectivity index (χ2n) is 4.61. The topological polar surface area (TPSA) is 63.8 Å². The quantitative estimate of drug-likeness (QED) is 0.867. The van der Waals surface area contributed by atoms with Gasteiger partial charge in [0.15, 0.2) is 0 Å². The number of nitrogens with one attached hydrogen (secondary N) is 1. The largest absolute Gasteiger partial charge is 0.356 e. The van der Waals surface area contributed by atoms with E-state index in [0.717, 1.165) is 23.1 Å². The summed E-state index contributed by atoms with van der Waals surface area (Å²) in [4.78, 5) is 4.50. The first kappa shape index (κ1) is 11.6. The Morgan fingerprint density at radius 1 is 1.22 bits per heavy atom. The summed E-state index contributed by atoms with van der Waals surface area (Å²) in [6.45, 7) is 1.37. The molecule has 94 valence electrons. The summed E-state index contributed by atoms with van der Waals surface area (Å²) in [6.07, 6.45) is 2.49. The lowest BCUT2D eigenvalue weighted by molar-refractivity contribution is 0.979. The molecular formula is C13H16N4S. The molecule has 4 nitrogen and oxygen atoms in total. The maximum Gasteiger partial charge on any atom is 0.202 e. The number of hydrogen-bond donors (Lipinski definition) is 2. The third-order valence-corrected chi connectivity index (χ3v) is 3.77. The molecule has 1 aromatic carbocycles. The number of anilines is 1. The maximum absolute atomic E-state index is 5.57. The molecule has 0 saturated heterocycles. The zero-order chi connectivity index (χ0) is 12.4. The SMILES string of the molecule is NCc1ccc(CNc2nc(C3CC3)ns2)cc1. The van der Waals surface area contributed by atoms with Crippen molar-refractivity contribution in [3.8, 4) is 0 Å². The molecule has 0 atom stereocenters. The highest BCUT2D eigenvalue weighted by Crippen LogP contribution is 2.39. The molecule has 2 aromatic rings.